The van der Waals surface area contributed by atoms with Gasteiger partial charge in [0.05, 0.1) is 4.90 Å². The van der Waals surface area contributed by atoms with Crippen LogP contribution in [0.4, 0.5) is 11.7 Å². The number of carbonyl (C=O) groups excluding carboxylic acids is 1. The number of anilines is 2. The van der Waals surface area contributed by atoms with E-state index in [0.717, 1.165) is 11.6 Å². The molecule has 2 heterocycles. The number of hydrogen-bond donors (Lipinski definition) is 1. The average molecular weight is 412 g/mol. The molecule has 1 aromatic heterocycles. The SMILES string of the molecule is C=CC(=O)Nc1ccc(S(=O)(=O)N2CCN(c3nc4ccccc4o3)CC2)cc1. The minimum Gasteiger partial charge on any atom is -0.423 e. The summed E-state index contributed by atoms with van der Waals surface area (Å²) in [6.45, 7) is 5.02. The van der Waals surface area contributed by atoms with Crippen molar-refractivity contribution in [2.24, 2.45) is 0 Å². The molecule has 0 saturated carbocycles. The zero-order chi connectivity index (χ0) is 20.4. The van der Waals surface area contributed by atoms with Crippen molar-refractivity contribution in [2.75, 3.05) is 36.4 Å². The van der Waals surface area contributed by atoms with Gasteiger partial charge in [0, 0.05) is 31.9 Å². The predicted molar refractivity (Wildman–Crippen MR) is 110 cm³/mol. The van der Waals surface area contributed by atoms with E-state index < -0.39 is 10.0 Å². The number of aromatic nitrogens is 1. The highest BCUT2D eigenvalue weighted by atomic mass is 32.2. The van der Waals surface area contributed by atoms with Crippen LogP contribution < -0.4 is 10.2 Å². The number of piperazine rings is 1. The summed E-state index contributed by atoms with van der Waals surface area (Å²) in [5.41, 5.74) is 2.00. The van der Waals surface area contributed by atoms with E-state index in [1.54, 1.807) is 12.1 Å². The first-order valence-electron chi connectivity index (χ1n) is 9.11. The van der Waals surface area contributed by atoms with Crippen LogP contribution in [0.2, 0.25) is 0 Å². The molecule has 0 atom stereocenters. The van der Waals surface area contributed by atoms with Crippen molar-refractivity contribution in [1.29, 1.82) is 0 Å². The van der Waals surface area contributed by atoms with Crippen LogP contribution in [0, 0.1) is 0 Å². The normalized spacial score (nSPS) is 15.4. The molecule has 1 aliphatic rings. The number of sulfonamides is 1. The fourth-order valence-electron chi connectivity index (χ4n) is 3.17. The molecule has 0 radical (unpaired) electrons. The molecule has 29 heavy (non-hydrogen) atoms. The number of fused-ring (bicyclic) bond motifs is 1. The van der Waals surface area contributed by atoms with Crippen molar-refractivity contribution < 1.29 is 17.6 Å². The van der Waals surface area contributed by atoms with Crippen molar-refractivity contribution in [3.63, 3.8) is 0 Å². The molecule has 0 aliphatic carbocycles. The van der Waals surface area contributed by atoms with E-state index in [1.807, 2.05) is 29.2 Å². The monoisotopic (exact) mass is 412 g/mol. The first kappa shape index (κ1) is 19.2. The summed E-state index contributed by atoms with van der Waals surface area (Å²) in [5, 5.41) is 2.60. The molecule has 1 fully saturated rings. The Kier molecular flexibility index (Phi) is 5.08. The molecule has 1 saturated heterocycles. The number of nitrogens with zero attached hydrogens (tertiary/aromatic N) is 3. The van der Waals surface area contributed by atoms with Crippen LogP contribution in [-0.4, -0.2) is 49.8 Å². The molecular weight excluding hydrogens is 392 g/mol. The molecule has 0 spiro atoms. The molecule has 2 aromatic carbocycles. The molecule has 1 aliphatic heterocycles. The van der Waals surface area contributed by atoms with Crippen molar-refractivity contribution in [3.8, 4) is 0 Å². The second kappa shape index (κ2) is 7.69. The Labute approximate surface area is 168 Å². The molecule has 1 amide bonds. The molecule has 0 unspecified atom stereocenters. The first-order valence-corrected chi connectivity index (χ1v) is 10.6. The minimum absolute atomic E-state index is 0.185. The third kappa shape index (κ3) is 3.87. The molecule has 9 heteroatoms. The Bertz CT molecular complexity index is 1110. The highest BCUT2D eigenvalue weighted by Gasteiger charge is 2.30. The lowest BCUT2D eigenvalue weighted by atomic mass is 10.3. The smallest absolute Gasteiger partial charge is 0.298 e. The number of hydrogen-bond acceptors (Lipinski definition) is 6. The van der Waals surface area contributed by atoms with Crippen molar-refractivity contribution in [1.82, 2.24) is 9.29 Å². The van der Waals surface area contributed by atoms with Crippen LogP contribution in [0.15, 0.2) is 70.5 Å². The van der Waals surface area contributed by atoms with Gasteiger partial charge >= 0.3 is 0 Å². The first-order chi connectivity index (χ1) is 14.0. The fraction of sp³-hybridized carbons (Fsp3) is 0.200. The molecule has 4 rings (SSSR count). The predicted octanol–water partition coefficient (Wildman–Crippen LogP) is 2.46. The summed E-state index contributed by atoms with van der Waals surface area (Å²) in [6, 6.07) is 14.1. The number of carbonyl (C=O) groups is 1. The van der Waals surface area contributed by atoms with E-state index in [-0.39, 0.29) is 10.8 Å². The van der Waals surface area contributed by atoms with Crippen LogP contribution in [-0.2, 0) is 14.8 Å². The fourth-order valence-corrected chi connectivity index (χ4v) is 4.59. The summed E-state index contributed by atoms with van der Waals surface area (Å²) in [6.07, 6.45) is 1.15. The largest absolute Gasteiger partial charge is 0.423 e. The molecule has 150 valence electrons. The maximum Gasteiger partial charge on any atom is 0.298 e. The lowest BCUT2D eigenvalue weighted by Gasteiger charge is -2.33. The maximum absolute atomic E-state index is 12.9. The van der Waals surface area contributed by atoms with E-state index >= 15 is 0 Å². The summed E-state index contributed by atoms with van der Waals surface area (Å²) in [7, 11) is -3.62. The van der Waals surface area contributed by atoms with Crippen molar-refractivity contribution in [3.05, 3.63) is 61.2 Å². The highest BCUT2D eigenvalue weighted by molar-refractivity contribution is 7.89. The third-order valence-electron chi connectivity index (χ3n) is 4.74. The Morgan fingerprint density at radius 2 is 1.76 bits per heavy atom. The van der Waals surface area contributed by atoms with E-state index in [9.17, 15) is 13.2 Å². The number of nitrogens with one attached hydrogen (secondary N) is 1. The van der Waals surface area contributed by atoms with Gasteiger partial charge in [0.25, 0.3) is 6.01 Å². The van der Waals surface area contributed by atoms with Crippen molar-refractivity contribution in [2.45, 2.75) is 4.90 Å². The third-order valence-corrected chi connectivity index (χ3v) is 6.65. The number of oxazole rings is 1. The molecule has 8 nitrogen and oxygen atoms in total. The number of rotatable bonds is 5. The van der Waals surface area contributed by atoms with Gasteiger partial charge in [0.1, 0.15) is 5.52 Å². The zero-order valence-corrected chi connectivity index (χ0v) is 16.4. The van der Waals surface area contributed by atoms with E-state index in [0.29, 0.717) is 43.5 Å². The lowest BCUT2D eigenvalue weighted by molar-refractivity contribution is -0.111. The molecule has 3 aromatic rings. The van der Waals surface area contributed by atoms with E-state index in [1.165, 1.54) is 16.4 Å². The maximum atomic E-state index is 12.9. The van der Waals surface area contributed by atoms with Crippen LogP contribution in [0.1, 0.15) is 0 Å². The minimum atomic E-state index is -3.62. The summed E-state index contributed by atoms with van der Waals surface area (Å²) in [4.78, 5) is 17.9. The topological polar surface area (TPSA) is 95.8 Å². The van der Waals surface area contributed by atoms with Gasteiger partial charge in [-0.15, -0.1) is 0 Å². The van der Waals surface area contributed by atoms with Gasteiger partial charge in [0.2, 0.25) is 15.9 Å². The van der Waals surface area contributed by atoms with Crippen LogP contribution >= 0.6 is 0 Å². The summed E-state index contributed by atoms with van der Waals surface area (Å²) < 4.78 is 33.1. The Morgan fingerprint density at radius 1 is 1.07 bits per heavy atom. The molecular formula is C20H20N4O4S. The Morgan fingerprint density at radius 3 is 2.41 bits per heavy atom. The average Bonchev–Trinajstić information content (AvgIpc) is 3.18. The van der Waals surface area contributed by atoms with Gasteiger partial charge in [-0.3, -0.25) is 4.79 Å². The van der Waals surface area contributed by atoms with Gasteiger partial charge in [0.15, 0.2) is 5.58 Å². The van der Waals surface area contributed by atoms with Gasteiger partial charge in [-0.25, -0.2) is 8.42 Å². The summed E-state index contributed by atoms with van der Waals surface area (Å²) >= 11 is 0. The Balaban J connectivity index is 1.44. The van der Waals surface area contributed by atoms with Crippen LogP contribution in [0.3, 0.4) is 0 Å². The van der Waals surface area contributed by atoms with Gasteiger partial charge in [-0.05, 0) is 42.5 Å². The van der Waals surface area contributed by atoms with E-state index in [4.69, 9.17) is 4.42 Å². The van der Waals surface area contributed by atoms with Crippen LogP contribution in [0.25, 0.3) is 11.1 Å². The summed E-state index contributed by atoms with van der Waals surface area (Å²) in [5.74, 6) is -0.351. The molecule has 0 bridgehead atoms. The quantitative estimate of drug-likeness (QED) is 0.647. The number of amides is 1. The standard InChI is InChI=1S/C20H20N4O4S/c1-2-19(25)21-15-7-9-16(10-8-15)29(26,27)24-13-11-23(12-14-24)20-22-17-5-3-4-6-18(17)28-20/h2-10H,1,11-14H2,(H,21,25). The number of para-hydroxylation sites is 2. The van der Waals surface area contributed by atoms with E-state index in [2.05, 4.69) is 16.9 Å². The second-order valence-electron chi connectivity index (χ2n) is 6.57. The van der Waals surface area contributed by atoms with Gasteiger partial charge < -0.3 is 14.6 Å². The Hall–Kier alpha value is -3.17. The zero-order valence-electron chi connectivity index (χ0n) is 15.6. The lowest BCUT2D eigenvalue weighted by Crippen LogP contribution is -2.48. The van der Waals surface area contributed by atoms with Crippen LogP contribution in [0.5, 0.6) is 0 Å². The molecule has 1 N–H and O–H groups in total. The highest BCUT2D eigenvalue weighted by Crippen LogP contribution is 2.25. The van der Waals surface area contributed by atoms with Gasteiger partial charge in [-0.1, -0.05) is 18.7 Å². The van der Waals surface area contributed by atoms with Gasteiger partial charge in [-0.2, -0.15) is 9.29 Å². The number of benzene rings is 2. The van der Waals surface area contributed by atoms with Crippen molar-refractivity contribution >= 4 is 38.7 Å². The second-order valence-corrected chi connectivity index (χ2v) is 8.51.